The molecule has 66 valence electrons. The molecular formula is C6H5FO4S. The molecule has 0 aliphatic heterocycles. The summed E-state index contributed by atoms with van der Waals surface area (Å²) >= 11 is 0. The van der Waals surface area contributed by atoms with Crippen molar-refractivity contribution in [2.24, 2.45) is 0 Å². The molecule has 12 heavy (non-hydrogen) atoms. The van der Waals surface area contributed by atoms with Gasteiger partial charge < -0.3 is 5.11 Å². The molecule has 0 aliphatic rings. The third-order valence-electron chi connectivity index (χ3n) is 1.22. The molecule has 1 aromatic rings. The lowest BCUT2D eigenvalue weighted by Crippen LogP contribution is -1.98. The first-order valence-corrected chi connectivity index (χ1v) is 4.31. The molecule has 2 N–H and O–H groups in total. The van der Waals surface area contributed by atoms with Crippen molar-refractivity contribution in [3.8, 4) is 5.75 Å². The zero-order valence-electron chi connectivity index (χ0n) is 5.73. The number of hydrogen-bond donors (Lipinski definition) is 2. The molecule has 0 amide bonds. The molecule has 1 rings (SSSR count). The number of benzene rings is 1. The van der Waals surface area contributed by atoms with E-state index in [9.17, 15) is 12.8 Å². The highest BCUT2D eigenvalue weighted by atomic mass is 32.2. The van der Waals surface area contributed by atoms with Gasteiger partial charge in [0, 0.05) is 0 Å². The van der Waals surface area contributed by atoms with E-state index in [4.69, 9.17) is 9.66 Å². The standard InChI is InChI=1S/C6H5FO4S/c7-5-3-4(12(9,10)11)1-2-6(5)8/h1-3,8H,(H,9,10,11). The van der Waals surface area contributed by atoms with Gasteiger partial charge in [-0.2, -0.15) is 8.42 Å². The third kappa shape index (κ3) is 1.72. The normalized spacial score (nSPS) is 11.5. The van der Waals surface area contributed by atoms with Crippen LogP contribution in [0, 0.1) is 5.82 Å². The molecule has 0 saturated carbocycles. The van der Waals surface area contributed by atoms with Crippen molar-refractivity contribution in [3.05, 3.63) is 24.0 Å². The minimum Gasteiger partial charge on any atom is -0.505 e. The Bertz CT molecular complexity index is 398. The Morgan fingerprint density at radius 3 is 2.33 bits per heavy atom. The van der Waals surface area contributed by atoms with E-state index in [2.05, 4.69) is 0 Å². The summed E-state index contributed by atoms with van der Waals surface area (Å²) in [5.74, 6) is -1.76. The average Bonchev–Trinajstić information content (AvgIpc) is 1.92. The molecule has 0 aromatic heterocycles. The van der Waals surface area contributed by atoms with E-state index >= 15 is 0 Å². The molecule has 1 aromatic carbocycles. The number of halogens is 1. The van der Waals surface area contributed by atoms with Crippen LogP contribution in [0.25, 0.3) is 0 Å². The maximum Gasteiger partial charge on any atom is 0.294 e. The average molecular weight is 192 g/mol. The van der Waals surface area contributed by atoms with Gasteiger partial charge in [-0.3, -0.25) is 4.55 Å². The van der Waals surface area contributed by atoms with Gasteiger partial charge in [-0.1, -0.05) is 0 Å². The van der Waals surface area contributed by atoms with Gasteiger partial charge in [0.05, 0.1) is 4.90 Å². The topological polar surface area (TPSA) is 74.6 Å². The van der Waals surface area contributed by atoms with Gasteiger partial charge in [0.15, 0.2) is 11.6 Å². The Morgan fingerprint density at radius 2 is 1.92 bits per heavy atom. The summed E-state index contributed by atoms with van der Waals surface area (Å²) < 4.78 is 41.7. The number of phenols is 1. The first kappa shape index (κ1) is 8.95. The Balaban J connectivity index is 3.33. The van der Waals surface area contributed by atoms with Crippen LogP contribution in [-0.2, 0) is 10.1 Å². The van der Waals surface area contributed by atoms with Crippen LogP contribution in [-0.4, -0.2) is 18.1 Å². The summed E-state index contributed by atoms with van der Waals surface area (Å²) in [6, 6.07) is 2.27. The molecule has 0 atom stereocenters. The van der Waals surface area contributed by atoms with Gasteiger partial charge >= 0.3 is 0 Å². The predicted molar refractivity (Wildman–Crippen MR) is 37.9 cm³/mol. The smallest absolute Gasteiger partial charge is 0.294 e. The molecule has 0 heterocycles. The second-order valence-corrected chi connectivity index (χ2v) is 3.51. The van der Waals surface area contributed by atoms with E-state index in [0.717, 1.165) is 12.1 Å². The Kier molecular flexibility index (Phi) is 2.03. The van der Waals surface area contributed by atoms with Gasteiger partial charge in [-0.15, -0.1) is 0 Å². The number of rotatable bonds is 1. The monoisotopic (exact) mass is 192 g/mol. The van der Waals surface area contributed by atoms with Crippen LogP contribution in [0.2, 0.25) is 0 Å². The maximum absolute atomic E-state index is 12.5. The van der Waals surface area contributed by atoms with Gasteiger partial charge in [-0.05, 0) is 18.2 Å². The number of phenolic OH excluding ortho intramolecular Hbond substituents is 1. The molecule has 4 nitrogen and oxygen atoms in total. The lowest BCUT2D eigenvalue weighted by atomic mass is 10.3. The summed E-state index contributed by atoms with van der Waals surface area (Å²) in [5.41, 5.74) is 0. The van der Waals surface area contributed by atoms with Gasteiger partial charge in [-0.25, -0.2) is 4.39 Å². The highest BCUT2D eigenvalue weighted by Crippen LogP contribution is 2.18. The predicted octanol–water partition coefficient (Wildman–Crippen LogP) is 0.778. The summed E-state index contributed by atoms with van der Waals surface area (Å²) in [6.07, 6.45) is 0. The zero-order chi connectivity index (χ0) is 9.35. The number of aromatic hydroxyl groups is 1. The van der Waals surface area contributed by atoms with E-state index in [-0.39, 0.29) is 0 Å². The van der Waals surface area contributed by atoms with E-state index in [1.54, 1.807) is 0 Å². The largest absolute Gasteiger partial charge is 0.505 e. The fourth-order valence-corrected chi connectivity index (χ4v) is 1.14. The summed E-state index contributed by atoms with van der Waals surface area (Å²) in [7, 11) is -4.39. The SMILES string of the molecule is O=S(=O)(O)c1ccc(O)c(F)c1. The molecular weight excluding hydrogens is 187 g/mol. The summed E-state index contributed by atoms with van der Waals surface area (Å²) in [5, 5.41) is 8.66. The van der Waals surface area contributed by atoms with Gasteiger partial charge in [0.25, 0.3) is 10.1 Å². The zero-order valence-corrected chi connectivity index (χ0v) is 6.55. The van der Waals surface area contributed by atoms with Crippen LogP contribution in [0.3, 0.4) is 0 Å². The fraction of sp³-hybridized carbons (Fsp3) is 0. The number of hydrogen-bond acceptors (Lipinski definition) is 3. The maximum atomic E-state index is 12.5. The summed E-state index contributed by atoms with van der Waals surface area (Å²) in [6.45, 7) is 0. The quantitative estimate of drug-likeness (QED) is 0.644. The molecule has 0 radical (unpaired) electrons. The van der Waals surface area contributed by atoms with Gasteiger partial charge in [0.1, 0.15) is 0 Å². The van der Waals surface area contributed by atoms with E-state index in [0.29, 0.717) is 6.07 Å². The Labute approximate surface area is 68.0 Å². The minimum absolute atomic E-state index is 0.532. The van der Waals surface area contributed by atoms with E-state index in [1.165, 1.54) is 0 Å². The molecule has 0 spiro atoms. The van der Waals surface area contributed by atoms with Crippen LogP contribution in [0.4, 0.5) is 4.39 Å². The second-order valence-electron chi connectivity index (χ2n) is 2.09. The lowest BCUT2D eigenvalue weighted by Gasteiger charge is -1.97. The highest BCUT2D eigenvalue weighted by Gasteiger charge is 2.11. The molecule has 0 fully saturated rings. The van der Waals surface area contributed by atoms with Crippen molar-refractivity contribution in [1.82, 2.24) is 0 Å². The van der Waals surface area contributed by atoms with Crippen molar-refractivity contribution < 1.29 is 22.5 Å². The Morgan fingerprint density at radius 1 is 1.33 bits per heavy atom. The van der Waals surface area contributed by atoms with Crippen molar-refractivity contribution >= 4 is 10.1 Å². The molecule has 0 unspecified atom stereocenters. The molecule has 6 heteroatoms. The highest BCUT2D eigenvalue weighted by molar-refractivity contribution is 7.85. The molecule has 0 bridgehead atoms. The van der Waals surface area contributed by atoms with Crippen LogP contribution in [0.15, 0.2) is 23.1 Å². The van der Waals surface area contributed by atoms with E-state index < -0.39 is 26.6 Å². The first-order valence-electron chi connectivity index (χ1n) is 2.87. The molecule has 0 aliphatic carbocycles. The first-order chi connectivity index (χ1) is 5.41. The third-order valence-corrected chi connectivity index (χ3v) is 2.07. The van der Waals surface area contributed by atoms with E-state index in [1.807, 2.05) is 0 Å². The van der Waals surface area contributed by atoms with Crippen molar-refractivity contribution in [2.75, 3.05) is 0 Å². The lowest BCUT2D eigenvalue weighted by molar-refractivity contribution is 0.429. The van der Waals surface area contributed by atoms with Crippen LogP contribution < -0.4 is 0 Å². The van der Waals surface area contributed by atoms with Crippen molar-refractivity contribution in [3.63, 3.8) is 0 Å². The fourth-order valence-electron chi connectivity index (χ4n) is 0.648. The van der Waals surface area contributed by atoms with Gasteiger partial charge in [0.2, 0.25) is 0 Å². The summed E-state index contributed by atoms with van der Waals surface area (Å²) in [4.78, 5) is -0.585. The minimum atomic E-state index is -4.39. The van der Waals surface area contributed by atoms with Crippen molar-refractivity contribution in [1.29, 1.82) is 0 Å². The van der Waals surface area contributed by atoms with Crippen molar-refractivity contribution in [2.45, 2.75) is 4.90 Å². The van der Waals surface area contributed by atoms with Crippen LogP contribution in [0.1, 0.15) is 0 Å². The van der Waals surface area contributed by atoms with Crippen LogP contribution in [0.5, 0.6) is 5.75 Å². The Hall–Kier alpha value is -1.14. The molecule has 0 saturated heterocycles. The second kappa shape index (κ2) is 2.72. The van der Waals surface area contributed by atoms with Crippen LogP contribution >= 0.6 is 0 Å².